The van der Waals surface area contributed by atoms with Gasteiger partial charge in [-0.25, -0.2) is 0 Å². The molecule has 0 saturated heterocycles. The molecule has 116 valence electrons. The molecule has 3 aromatic carbocycles. The second-order valence-corrected chi connectivity index (χ2v) is 5.58. The van der Waals surface area contributed by atoms with Gasteiger partial charge in [-0.05, 0) is 23.6 Å². The molecule has 0 aliphatic rings. The summed E-state index contributed by atoms with van der Waals surface area (Å²) in [7, 11) is 2.00. The largest absolute Gasteiger partial charge is 0.374 e. The SMILES string of the molecule is CN(CCC(=O)Nc1cccc2ccccc12)c1ccccc1. The van der Waals surface area contributed by atoms with Gasteiger partial charge >= 0.3 is 0 Å². The molecule has 0 radical (unpaired) electrons. The van der Waals surface area contributed by atoms with Gasteiger partial charge in [-0.1, -0.05) is 54.6 Å². The Bertz CT molecular complexity index is 794. The van der Waals surface area contributed by atoms with E-state index < -0.39 is 0 Å². The summed E-state index contributed by atoms with van der Waals surface area (Å²) in [6, 6.07) is 24.1. The van der Waals surface area contributed by atoms with Gasteiger partial charge in [-0.2, -0.15) is 0 Å². The summed E-state index contributed by atoms with van der Waals surface area (Å²) in [5, 5.41) is 5.23. The number of anilines is 2. The second kappa shape index (κ2) is 6.97. The van der Waals surface area contributed by atoms with E-state index in [0.717, 1.165) is 22.1 Å². The zero-order chi connectivity index (χ0) is 16.1. The molecule has 0 heterocycles. The predicted octanol–water partition coefficient (Wildman–Crippen LogP) is 4.30. The van der Waals surface area contributed by atoms with Crippen LogP contribution < -0.4 is 10.2 Å². The molecule has 0 atom stereocenters. The summed E-state index contributed by atoms with van der Waals surface area (Å²) >= 11 is 0. The number of hydrogen-bond donors (Lipinski definition) is 1. The number of nitrogens with one attached hydrogen (secondary N) is 1. The monoisotopic (exact) mass is 304 g/mol. The van der Waals surface area contributed by atoms with Crippen LogP contribution in [0.25, 0.3) is 10.8 Å². The zero-order valence-electron chi connectivity index (χ0n) is 13.2. The van der Waals surface area contributed by atoms with E-state index in [-0.39, 0.29) is 5.91 Å². The molecule has 0 aliphatic heterocycles. The van der Waals surface area contributed by atoms with Gasteiger partial charge in [-0.3, -0.25) is 4.79 Å². The standard InChI is InChI=1S/C20H20N2O/c1-22(17-10-3-2-4-11-17)15-14-20(23)21-19-13-7-9-16-8-5-6-12-18(16)19/h2-13H,14-15H2,1H3,(H,21,23). The molecule has 0 bridgehead atoms. The van der Waals surface area contributed by atoms with Crippen LogP contribution >= 0.6 is 0 Å². The van der Waals surface area contributed by atoms with Crippen molar-refractivity contribution in [3.05, 3.63) is 72.8 Å². The van der Waals surface area contributed by atoms with Crippen LogP contribution in [0.2, 0.25) is 0 Å². The number of benzene rings is 3. The molecule has 0 spiro atoms. The van der Waals surface area contributed by atoms with Crippen molar-refractivity contribution in [3.8, 4) is 0 Å². The van der Waals surface area contributed by atoms with Gasteiger partial charge in [0.25, 0.3) is 0 Å². The number of nitrogens with zero attached hydrogens (tertiary/aromatic N) is 1. The Morgan fingerprint density at radius 1 is 0.913 bits per heavy atom. The van der Waals surface area contributed by atoms with Gasteiger partial charge < -0.3 is 10.2 Å². The highest BCUT2D eigenvalue weighted by molar-refractivity contribution is 6.02. The second-order valence-electron chi connectivity index (χ2n) is 5.58. The Morgan fingerprint density at radius 3 is 2.43 bits per heavy atom. The maximum Gasteiger partial charge on any atom is 0.226 e. The summed E-state index contributed by atoms with van der Waals surface area (Å²) in [6.07, 6.45) is 0.453. The van der Waals surface area contributed by atoms with Gasteiger partial charge in [0.2, 0.25) is 5.91 Å². The molecule has 0 aliphatic carbocycles. The topological polar surface area (TPSA) is 32.3 Å². The molecular weight excluding hydrogens is 284 g/mol. The summed E-state index contributed by atoms with van der Waals surface area (Å²) in [5.41, 5.74) is 1.99. The fraction of sp³-hybridized carbons (Fsp3) is 0.150. The molecule has 0 fully saturated rings. The highest BCUT2D eigenvalue weighted by Gasteiger charge is 2.07. The van der Waals surface area contributed by atoms with Gasteiger partial charge in [0.05, 0.1) is 0 Å². The van der Waals surface area contributed by atoms with Crippen molar-refractivity contribution in [2.45, 2.75) is 6.42 Å². The van der Waals surface area contributed by atoms with Gasteiger partial charge in [-0.15, -0.1) is 0 Å². The minimum absolute atomic E-state index is 0.0316. The molecule has 1 amide bonds. The van der Waals surface area contributed by atoms with Crippen LogP contribution in [0.3, 0.4) is 0 Å². The molecule has 0 aromatic heterocycles. The molecule has 3 nitrogen and oxygen atoms in total. The van der Waals surface area contributed by atoms with Crippen molar-refractivity contribution in [1.29, 1.82) is 0 Å². The maximum absolute atomic E-state index is 12.3. The highest BCUT2D eigenvalue weighted by atomic mass is 16.1. The Labute approximate surface area is 136 Å². The Kier molecular flexibility index (Phi) is 4.57. The molecule has 23 heavy (non-hydrogen) atoms. The fourth-order valence-corrected chi connectivity index (χ4v) is 2.63. The van der Waals surface area contributed by atoms with Crippen LogP contribution in [0.4, 0.5) is 11.4 Å². The maximum atomic E-state index is 12.3. The van der Waals surface area contributed by atoms with E-state index in [0.29, 0.717) is 13.0 Å². The molecular formula is C20H20N2O. The van der Waals surface area contributed by atoms with E-state index in [9.17, 15) is 4.79 Å². The number of amides is 1. The number of carbonyl (C=O) groups excluding carboxylic acids is 1. The van der Waals surface area contributed by atoms with Crippen molar-refractivity contribution in [1.82, 2.24) is 0 Å². The minimum atomic E-state index is 0.0316. The fourth-order valence-electron chi connectivity index (χ4n) is 2.63. The highest BCUT2D eigenvalue weighted by Crippen LogP contribution is 2.23. The first-order valence-electron chi connectivity index (χ1n) is 7.78. The lowest BCUT2D eigenvalue weighted by molar-refractivity contribution is -0.116. The average Bonchev–Trinajstić information content (AvgIpc) is 2.61. The molecule has 0 saturated carbocycles. The number of carbonyl (C=O) groups is 1. The predicted molar refractivity (Wildman–Crippen MR) is 96.9 cm³/mol. The third kappa shape index (κ3) is 3.69. The van der Waals surface area contributed by atoms with Gasteiger partial charge in [0.15, 0.2) is 0 Å². The van der Waals surface area contributed by atoms with E-state index in [2.05, 4.69) is 10.2 Å². The number of hydrogen-bond acceptors (Lipinski definition) is 2. The van der Waals surface area contributed by atoms with Crippen molar-refractivity contribution in [2.24, 2.45) is 0 Å². The van der Waals surface area contributed by atoms with E-state index in [4.69, 9.17) is 0 Å². The molecule has 0 unspecified atom stereocenters. The quantitative estimate of drug-likeness (QED) is 0.762. The van der Waals surface area contributed by atoms with Gasteiger partial charge in [0, 0.05) is 36.8 Å². The van der Waals surface area contributed by atoms with Crippen LogP contribution in [-0.4, -0.2) is 19.5 Å². The summed E-state index contributed by atoms with van der Waals surface area (Å²) in [4.78, 5) is 14.3. The summed E-state index contributed by atoms with van der Waals surface area (Å²) in [5.74, 6) is 0.0316. The van der Waals surface area contributed by atoms with Crippen LogP contribution in [0.5, 0.6) is 0 Å². The summed E-state index contributed by atoms with van der Waals surface area (Å²) in [6.45, 7) is 0.681. The number of fused-ring (bicyclic) bond motifs is 1. The third-order valence-electron chi connectivity index (χ3n) is 3.93. The first kappa shape index (κ1) is 15.1. The van der Waals surface area contributed by atoms with Crippen molar-refractivity contribution in [3.63, 3.8) is 0 Å². The smallest absolute Gasteiger partial charge is 0.226 e. The first-order valence-corrected chi connectivity index (χ1v) is 7.78. The third-order valence-corrected chi connectivity index (χ3v) is 3.93. The van der Waals surface area contributed by atoms with Crippen LogP contribution in [0, 0.1) is 0 Å². The Balaban J connectivity index is 1.63. The van der Waals surface area contributed by atoms with E-state index >= 15 is 0 Å². The lowest BCUT2D eigenvalue weighted by Crippen LogP contribution is -2.23. The van der Waals surface area contributed by atoms with E-state index in [1.807, 2.05) is 79.8 Å². The summed E-state index contributed by atoms with van der Waals surface area (Å²) < 4.78 is 0. The molecule has 1 N–H and O–H groups in total. The normalized spacial score (nSPS) is 10.5. The Hall–Kier alpha value is -2.81. The van der Waals surface area contributed by atoms with Crippen LogP contribution in [-0.2, 0) is 4.79 Å². The average molecular weight is 304 g/mol. The number of rotatable bonds is 5. The number of para-hydroxylation sites is 1. The van der Waals surface area contributed by atoms with Crippen molar-refractivity contribution in [2.75, 3.05) is 23.8 Å². The van der Waals surface area contributed by atoms with Crippen LogP contribution in [0.1, 0.15) is 6.42 Å². The molecule has 3 heteroatoms. The van der Waals surface area contributed by atoms with Crippen molar-refractivity contribution < 1.29 is 4.79 Å². The van der Waals surface area contributed by atoms with Gasteiger partial charge in [0.1, 0.15) is 0 Å². The van der Waals surface area contributed by atoms with E-state index in [1.54, 1.807) is 0 Å². The minimum Gasteiger partial charge on any atom is -0.374 e. The first-order chi connectivity index (χ1) is 11.2. The van der Waals surface area contributed by atoms with Crippen molar-refractivity contribution >= 4 is 28.1 Å². The Morgan fingerprint density at radius 2 is 1.61 bits per heavy atom. The van der Waals surface area contributed by atoms with Crippen LogP contribution in [0.15, 0.2) is 72.8 Å². The lowest BCUT2D eigenvalue weighted by atomic mass is 10.1. The lowest BCUT2D eigenvalue weighted by Gasteiger charge is -2.19. The molecule has 3 rings (SSSR count). The molecule has 3 aromatic rings. The zero-order valence-corrected chi connectivity index (χ0v) is 13.2. The van der Waals surface area contributed by atoms with E-state index in [1.165, 1.54) is 0 Å².